The van der Waals surface area contributed by atoms with E-state index in [1.54, 1.807) is 60.7 Å². The molecule has 0 radical (unpaired) electrons. The summed E-state index contributed by atoms with van der Waals surface area (Å²) in [7, 11) is 0. The van der Waals surface area contributed by atoms with Gasteiger partial charge < -0.3 is 20.4 Å². The van der Waals surface area contributed by atoms with Crippen LogP contribution in [-0.4, -0.2) is 44.6 Å². The fourth-order valence-corrected chi connectivity index (χ4v) is 2.16. The SMILES string of the molecule is CCCC(O)CC(O)C(C)C.O=C(O)c1ccccc1.O=C(O)c1ccccc1. The Kier molecular flexibility index (Phi) is 13.8. The normalized spacial score (nSPS) is 11.9. The van der Waals surface area contributed by atoms with E-state index in [2.05, 4.69) is 0 Å². The van der Waals surface area contributed by atoms with Gasteiger partial charge in [-0.1, -0.05) is 63.6 Å². The molecule has 0 aliphatic heterocycles. The van der Waals surface area contributed by atoms with Crippen LogP contribution >= 0.6 is 0 Å². The number of aromatic carboxylic acids is 2. The maximum absolute atomic E-state index is 10.2. The van der Waals surface area contributed by atoms with Gasteiger partial charge in [0, 0.05) is 0 Å². The Morgan fingerprint density at radius 2 is 1.17 bits per heavy atom. The Bertz CT molecular complexity index is 636. The van der Waals surface area contributed by atoms with E-state index in [0.717, 1.165) is 12.8 Å². The molecule has 2 aromatic carbocycles. The molecule has 160 valence electrons. The molecule has 6 nitrogen and oxygen atoms in total. The van der Waals surface area contributed by atoms with Crippen LogP contribution in [0, 0.1) is 5.92 Å². The van der Waals surface area contributed by atoms with Crippen molar-refractivity contribution in [3.63, 3.8) is 0 Å². The monoisotopic (exact) mass is 404 g/mol. The second-order valence-electron chi connectivity index (χ2n) is 6.83. The molecule has 0 spiro atoms. The van der Waals surface area contributed by atoms with Crippen molar-refractivity contribution in [3.05, 3.63) is 71.8 Å². The van der Waals surface area contributed by atoms with Gasteiger partial charge in [-0.05, 0) is 43.0 Å². The van der Waals surface area contributed by atoms with Gasteiger partial charge in [-0.25, -0.2) is 9.59 Å². The largest absolute Gasteiger partial charge is 0.478 e. The quantitative estimate of drug-likeness (QED) is 0.546. The third-order valence-corrected chi connectivity index (χ3v) is 3.95. The van der Waals surface area contributed by atoms with E-state index in [4.69, 9.17) is 10.2 Å². The fourth-order valence-electron chi connectivity index (χ4n) is 2.16. The van der Waals surface area contributed by atoms with E-state index in [-0.39, 0.29) is 18.1 Å². The predicted molar refractivity (Wildman–Crippen MR) is 113 cm³/mol. The number of aliphatic hydroxyl groups excluding tert-OH is 2. The standard InChI is InChI=1S/C9H20O2.2C7H6O2/c1-4-5-8(10)6-9(11)7(2)3;2*8-7(9)6-4-2-1-3-5-6/h7-11H,4-6H2,1-3H3;2*1-5H,(H,8,9). The number of benzene rings is 2. The van der Waals surface area contributed by atoms with Crippen molar-refractivity contribution in [3.8, 4) is 0 Å². The van der Waals surface area contributed by atoms with Crippen LogP contribution in [0.15, 0.2) is 60.7 Å². The molecule has 0 heterocycles. The Labute approximate surface area is 172 Å². The molecule has 0 bridgehead atoms. The van der Waals surface area contributed by atoms with Gasteiger partial charge in [-0.15, -0.1) is 0 Å². The Morgan fingerprint density at radius 1 is 0.793 bits per heavy atom. The number of carbonyl (C=O) groups is 2. The third kappa shape index (κ3) is 13.2. The van der Waals surface area contributed by atoms with Gasteiger partial charge in [-0.3, -0.25) is 0 Å². The molecule has 0 aliphatic rings. The molecular formula is C23H32O6. The van der Waals surface area contributed by atoms with Crippen LogP contribution in [0.4, 0.5) is 0 Å². The van der Waals surface area contributed by atoms with Gasteiger partial charge in [0.25, 0.3) is 0 Å². The van der Waals surface area contributed by atoms with Gasteiger partial charge >= 0.3 is 11.9 Å². The van der Waals surface area contributed by atoms with Crippen LogP contribution in [0.5, 0.6) is 0 Å². The summed E-state index contributed by atoms with van der Waals surface area (Å²) < 4.78 is 0. The highest BCUT2D eigenvalue weighted by Crippen LogP contribution is 2.11. The number of carboxylic acids is 2. The van der Waals surface area contributed by atoms with Crippen LogP contribution in [0.3, 0.4) is 0 Å². The summed E-state index contributed by atoms with van der Waals surface area (Å²) in [5.74, 6) is -1.51. The minimum atomic E-state index is -0.879. The number of rotatable bonds is 7. The van der Waals surface area contributed by atoms with Crippen LogP contribution in [0.25, 0.3) is 0 Å². The average Bonchev–Trinajstić information content (AvgIpc) is 2.70. The molecular weight excluding hydrogens is 372 g/mol. The first-order valence-electron chi connectivity index (χ1n) is 9.61. The summed E-state index contributed by atoms with van der Waals surface area (Å²) in [6, 6.07) is 16.6. The van der Waals surface area contributed by atoms with Crippen molar-refractivity contribution in [2.45, 2.75) is 52.2 Å². The molecule has 0 aromatic heterocycles. The number of aliphatic hydroxyl groups is 2. The highest BCUT2D eigenvalue weighted by molar-refractivity contribution is 5.87. The van der Waals surface area contributed by atoms with Crippen molar-refractivity contribution in [2.75, 3.05) is 0 Å². The van der Waals surface area contributed by atoms with E-state index in [0.29, 0.717) is 17.5 Å². The lowest BCUT2D eigenvalue weighted by Crippen LogP contribution is -2.22. The molecule has 29 heavy (non-hydrogen) atoms. The molecule has 0 aliphatic carbocycles. The lowest BCUT2D eigenvalue weighted by atomic mass is 9.99. The van der Waals surface area contributed by atoms with Crippen LogP contribution in [0.2, 0.25) is 0 Å². The molecule has 0 amide bonds. The summed E-state index contributed by atoms with van der Waals surface area (Å²) in [6.07, 6.45) is 1.62. The molecule has 2 atom stereocenters. The van der Waals surface area contributed by atoms with Crippen LogP contribution in [0.1, 0.15) is 60.7 Å². The minimum Gasteiger partial charge on any atom is -0.478 e. The first-order valence-corrected chi connectivity index (χ1v) is 9.61. The van der Waals surface area contributed by atoms with E-state index in [9.17, 15) is 19.8 Å². The van der Waals surface area contributed by atoms with E-state index in [1.807, 2.05) is 20.8 Å². The number of hydrogen-bond acceptors (Lipinski definition) is 4. The lowest BCUT2D eigenvalue weighted by molar-refractivity contribution is 0.0496. The summed E-state index contributed by atoms with van der Waals surface area (Å²) in [5.41, 5.74) is 0.662. The maximum Gasteiger partial charge on any atom is 0.335 e. The number of hydrogen-bond donors (Lipinski definition) is 4. The molecule has 4 N–H and O–H groups in total. The van der Waals surface area contributed by atoms with Crippen molar-refractivity contribution in [1.29, 1.82) is 0 Å². The molecule has 2 rings (SSSR count). The average molecular weight is 405 g/mol. The van der Waals surface area contributed by atoms with E-state index in [1.165, 1.54) is 0 Å². The van der Waals surface area contributed by atoms with Gasteiger partial charge in [0.2, 0.25) is 0 Å². The first kappa shape index (κ1) is 26.3. The Hall–Kier alpha value is -2.70. The summed E-state index contributed by atoms with van der Waals surface area (Å²) >= 11 is 0. The topological polar surface area (TPSA) is 115 Å². The van der Waals surface area contributed by atoms with Crippen LogP contribution < -0.4 is 0 Å². The zero-order valence-electron chi connectivity index (χ0n) is 17.2. The van der Waals surface area contributed by atoms with Crippen LogP contribution in [-0.2, 0) is 0 Å². The highest BCUT2D eigenvalue weighted by atomic mass is 16.4. The van der Waals surface area contributed by atoms with Gasteiger partial charge in [0.05, 0.1) is 23.3 Å². The van der Waals surface area contributed by atoms with Crippen molar-refractivity contribution in [1.82, 2.24) is 0 Å². The predicted octanol–water partition coefficient (Wildman–Crippen LogP) is 4.32. The van der Waals surface area contributed by atoms with E-state index < -0.39 is 11.9 Å². The van der Waals surface area contributed by atoms with Crippen molar-refractivity contribution in [2.24, 2.45) is 5.92 Å². The molecule has 2 aromatic rings. The molecule has 6 heteroatoms. The summed E-state index contributed by atoms with van der Waals surface area (Å²) in [4.78, 5) is 20.4. The van der Waals surface area contributed by atoms with Gasteiger partial charge in [-0.2, -0.15) is 0 Å². The van der Waals surface area contributed by atoms with Crippen molar-refractivity contribution >= 4 is 11.9 Å². The third-order valence-electron chi connectivity index (χ3n) is 3.95. The molecule has 0 fully saturated rings. The minimum absolute atomic E-state index is 0.251. The fraction of sp³-hybridized carbons (Fsp3) is 0.391. The second-order valence-corrected chi connectivity index (χ2v) is 6.83. The molecule has 0 saturated carbocycles. The van der Waals surface area contributed by atoms with Gasteiger partial charge in [0.1, 0.15) is 0 Å². The Morgan fingerprint density at radius 3 is 1.41 bits per heavy atom. The Balaban J connectivity index is 0.000000408. The second kappa shape index (κ2) is 15.2. The molecule has 0 saturated heterocycles. The zero-order valence-corrected chi connectivity index (χ0v) is 17.2. The maximum atomic E-state index is 10.2. The smallest absolute Gasteiger partial charge is 0.335 e. The number of carboxylic acid groups (broad SMARTS) is 2. The zero-order chi connectivity index (χ0) is 22.2. The van der Waals surface area contributed by atoms with Gasteiger partial charge in [0.15, 0.2) is 0 Å². The summed E-state index contributed by atoms with van der Waals surface area (Å²) in [5, 5.41) is 35.4. The lowest BCUT2D eigenvalue weighted by Gasteiger charge is -2.17. The summed E-state index contributed by atoms with van der Waals surface area (Å²) in [6.45, 7) is 5.96. The first-order chi connectivity index (χ1) is 13.7. The van der Waals surface area contributed by atoms with Crippen molar-refractivity contribution < 1.29 is 30.0 Å². The highest BCUT2D eigenvalue weighted by Gasteiger charge is 2.13. The molecule has 2 unspecified atom stereocenters. The van der Waals surface area contributed by atoms with E-state index >= 15 is 0 Å².